The van der Waals surface area contributed by atoms with Crippen LogP contribution in [0.15, 0.2) is 63.4 Å². The average Bonchev–Trinajstić information content (AvgIpc) is 2.91. The van der Waals surface area contributed by atoms with Crippen molar-refractivity contribution >= 4 is 53.2 Å². The molecule has 0 saturated heterocycles. The van der Waals surface area contributed by atoms with Crippen LogP contribution in [0.25, 0.3) is 0 Å². The Bertz CT molecular complexity index is 572. The molecule has 1 atom stereocenters. The lowest BCUT2D eigenvalue weighted by molar-refractivity contribution is 0.841. The van der Waals surface area contributed by atoms with E-state index in [1.54, 1.807) is 35.7 Å². The molecule has 0 amide bonds. The maximum absolute atomic E-state index is 5.69. The molecule has 0 radical (unpaired) electrons. The van der Waals surface area contributed by atoms with E-state index in [4.69, 9.17) is 11.5 Å². The smallest absolute Gasteiger partial charge is 0.114 e. The van der Waals surface area contributed by atoms with Gasteiger partial charge in [0.2, 0.25) is 0 Å². The third-order valence-electron chi connectivity index (χ3n) is 2.67. The molecule has 0 aliphatic carbocycles. The number of hydrazone groups is 1. The molecule has 21 heavy (non-hydrogen) atoms. The summed E-state index contributed by atoms with van der Waals surface area (Å²) >= 11 is 5.03. The maximum atomic E-state index is 5.69. The van der Waals surface area contributed by atoms with Gasteiger partial charge in [-0.1, -0.05) is 0 Å². The number of hydrogen-bond donors (Lipinski definition) is 2. The van der Waals surface area contributed by atoms with Crippen LogP contribution in [0.2, 0.25) is 0 Å². The first-order valence-corrected chi connectivity index (χ1v) is 8.75. The second-order valence-electron chi connectivity index (χ2n) is 4.32. The molecule has 3 rings (SSSR count). The first-order chi connectivity index (χ1) is 10.2. The van der Waals surface area contributed by atoms with E-state index in [0.717, 1.165) is 16.3 Å². The first-order valence-electron chi connectivity index (χ1n) is 6.26. The summed E-state index contributed by atoms with van der Waals surface area (Å²) in [5.41, 5.74) is 12.9. The molecular weight excluding hydrogens is 320 g/mol. The molecule has 108 valence electrons. The highest BCUT2D eigenvalue weighted by molar-refractivity contribution is 8.21. The molecule has 1 heterocycles. The molecule has 2 aromatic rings. The van der Waals surface area contributed by atoms with Crippen molar-refractivity contribution in [2.24, 2.45) is 5.10 Å². The summed E-state index contributed by atoms with van der Waals surface area (Å²) in [6.07, 6.45) is 1.95. The summed E-state index contributed by atoms with van der Waals surface area (Å²) in [5, 5.41) is 4.41. The molecule has 1 aliphatic heterocycles. The van der Waals surface area contributed by atoms with Crippen LogP contribution in [-0.2, 0) is 0 Å². The minimum absolute atomic E-state index is 0.273. The molecule has 4 nitrogen and oxygen atoms in total. The van der Waals surface area contributed by atoms with Gasteiger partial charge in [0.15, 0.2) is 0 Å². The Morgan fingerprint density at radius 3 is 2.10 bits per heavy atom. The van der Waals surface area contributed by atoms with Crippen molar-refractivity contribution < 1.29 is 0 Å². The number of anilines is 2. The molecule has 0 bridgehead atoms. The molecule has 7 heteroatoms. The lowest BCUT2D eigenvalue weighted by Gasteiger charge is -2.13. The Morgan fingerprint density at radius 2 is 1.48 bits per heavy atom. The highest BCUT2D eigenvalue weighted by Gasteiger charge is 2.21. The van der Waals surface area contributed by atoms with E-state index in [-0.39, 0.29) is 4.58 Å². The van der Waals surface area contributed by atoms with E-state index >= 15 is 0 Å². The predicted molar refractivity (Wildman–Crippen MR) is 95.1 cm³/mol. The van der Waals surface area contributed by atoms with Gasteiger partial charge in [0.25, 0.3) is 0 Å². The number of benzene rings is 2. The first kappa shape index (κ1) is 14.5. The molecule has 1 unspecified atom stereocenters. The SMILES string of the molecule is Nc1ccc(SC2C=NN(Sc3ccc(N)cc3)S2)cc1. The Morgan fingerprint density at radius 1 is 0.905 bits per heavy atom. The van der Waals surface area contributed by atoms with Crippen LogP contribution in [-0.4, -0.2) is 14.6 Å². The lowest BCUT2D eigenvalue weighted by Crippen LogP contribution is -1.96. The van der Waals surface area contributed by atoms with Gasteiger partial charge in [0.1, 0.15) is 4.58 Å². The van der Waals surface area contributed by atoms with E-state index in [1.807, 2.05) is 58.6 Å². The molecule has 0 fully saturated rings. The lowest BCUT2D eigenvalue weighted by atomic mass is 10.3. The summed E-state index contributed by atoms with van der Waals surface area (Å²) in [7, 11) is 0. The fourth-order valence-corrected chi connectivity index (χ4v) is 4.88. The van der Waals surface area contributed by atoms with Gasteiger partial charge in [0, 0.05) is 45.1 Å². The van der Waals surface area contributed by atoms with Gasteiger partial charge in [-0.2, -0.15) is 8.92 Å². The number of rotatable bonds is 4. The van der Waals surface area contributed by atoms with E-state index in [1.165, 1.54) is 4.90 Å². The van der Waals surface area contributed by atoms with Gasteiger partial charge in [0.05, 0.1) is 6.21 Å². The summed E-state index contributed by atoms with van der Waals surface area (Å²) in [6.45, 7) is 0. The topological polar surface area (TPSA) is 67.6 Å². The molecular formula is C14H14N4S3. The number of nitrogens with two attached hydrogens (primary N) is 2. The maximum Gasteiger partial charge on any atom is 0.114 e. The van der Waals surface area contributed by atoms with Crippen LogP contribution < -0.4 is 11.5 Å². The molecule has 0 spiro atoms. The standard InChI is InChI=1S/C14H14N4S3/c15-10-1-5-12(6-2-10)19-14-9-17-18(21-14)20-13-7-3-11(16)4-8-13/h1-9,14H,15-16H2. The van der Waals surface area contributed by atoms with Gasteiger partial charge in [-0.25, -0.2) is 0 Å². The zero-order chi connectivity index (χ0) is 14.7. The van der Waals surface area contributed by atoms with Gasteiger partial charge in [-0.3, -0.25) is 0 Å². The minimum Gasteiger partial charge on any atom is -0.399 e. The van der Waals surface area contributed by atoms with Crippen LogP contribution in [0.3, 0.4) is 0 Å². The van der Waals surface area contributed by atoms with Crippen molar-refractivity contribution in [3.05, 3.63) is 48.5 Å². The zero-order valence-corrected chi connectivity index (χ0v) is 13.5. The van der Waals surface area contributed by atoms with E-state index < -0.39 is 0 Å². The molecule has 2 aromatic carbocycles. The van der Waals surface area contributed by atoms with Crippen molar-refractivity contribution in [2.45, 2.75) is 14.4 Å². The van der Waals surface area contributed by atoms with Crippen molar-refractivity contribution in [3.8, 4) is 0 Å². The number of nitrogen functional groups attached to an aromatic ring is 2. The number of nitrogens with zero attached hydrogens (tertiary/aromatic N) is 2. The second kappa shape index (κ2) is 6.55. The van der Waals surface area contributed by atoms with Gasteiger partial charge >= 0.3 is 0 Å². The zero-order valence-electron chi connectivity index (χ0n) is 11.0. The highest BCUT2D eigenvalue weighted by atomic mass is 32.2. The average molecular weight is 334 g/mol. The van der Waals surface area contributed by atoms with Gasteiger partial charge in [-0.15, -0.1) is 11.8 Å². The highest BCUT2D eigenvalue weighted by Crippen LogP contribution is 2.41. The quantitative estimate of drug-likeness (QED) is 0.652. The monoisotopic (exact) mass is 334 g/mol. The third kappa shape index (κ3) is 4.03. The van der Waals surface area contributed by atoms with Crippen LogP contribution in [0.1, 0.15) is 0 Å². The Hall–Kier alpha value is -1.44. The number of hydrogen-bond acceptors (Lipinski definition) is 7. The molecule has 4 N–H and O–H groups in total. The van der Waals surface area contributed by atoms with Crippen molar-refractivity contribution in [1.29, 1.82) is 0 Å². The van der Waals surface area contributed by atoms with E-state index in [0.29, 0.717) is 0 Å². The normalized spacial score (nSPS) is 17.3. The number of thioether (sulfide) groups is 1. The van der Waals surface area contributed by atoms with E-state index in [2.05, 4.69) is 5.10 Å². The van der Waals surface area contributed by atoms with Crippen molar-refractivity contribution in [2.75, 3.05) is 11.5 Å². The van der Waals surface area contributed by atoms with E-state index in [9.17, 15) is 0 Å². The second-order valence-corrected chi connectivity index (χ2v) is 8.13. The summed E-state index contributed by atoms with van der Waals surface area (Å²) in [4.78, 5) is 2.31. The fraction of sp³-hybridized carbons (Fsp3) is 0.0714. The predicted octanol–water partition coefficient (Wildman–Crippen LogP) is 3.93. The largest absolute Gasteiger partial charge is 0.399 e. The summed E-state index contributed by atoms with van der Waals surface area (Å²) in [6, 6.07) is 15.7. The molecule has 0 saturated carbocycles. The molecule has 1 aliphatic rings. The minimum atomic E-state index is 0.273. The Kier molecular flexibility index (Phi) is 4.52. The Labute approximate surface area is 136 Å². The summed E-state index contributed by atoms with van der Waals surface area (Å²) in [5.74, 6) is 0. The van der Waals surface area contributed by atoms with Crippen LogP contribution in [0, 0.1) is 0 Å². The van der Waals surface area contributed by atoms with Crippen LogP contribution in [0.5, 0.6) is 0 Å². The van der Waals surface area contributed by atoms with Crippen LogP contribution in [0.4, 0.5) is 11.4 Å². The van der Waals surface area contributed by atoms with Crippen molar-refractivity contribution in [3.63, 3.8) is 0 Å². The van der Waals surface area contributed by atoms with Gasteiger partial charge in [-0.05, 0) is 48.5 Å². The third-order valence-corrected chi connectivity index (χ3v) is 5.94. The van der Waals surface area contributed by atoms with Gasteiger partial charge < -0.3 is 11.5 Å². The summed E-state index contributed by atoms with van der Waals surface area (Å²) < 4.78 is 2.19. The van der Waals surface area contributed by atoms with Crippen LogP contribution >= 0.6 is 35.7 Å². The fourth-order valence-electron chi connectivity index (χ4n) is 1.65. The van der Waals surface area contributed by atoms with Crippen molar-refractivity contribution in [1.82, 2.24) is 3.82 Å². The molecule has 0 aromatic heterocycles. The Balaban J connectivity index is 1.55.